The van der Waals surface area contributed by atoms with Crippen molar-refractivity contribution in [2.75, 3.05) is 13.7 Å². The van der Waals surface area contributed by atoms with Crippen LogP contribution in [0.5, 0.6) is 0 Å². The molecule has 3 N–H and O–H groups in total. The fourth-order valence-corrected chi connectivity index (χ4v) is 1.66. The van der Waals surface area contributed by atoms with E-state index in [2.05, 4.69) is 10.3 Å². The second-order valence-corrected chi connectivity index (χ2v) is 3.70. The average molecular weight is 256 g/mol. The zero-order valence-corrected chi connectivity index (χ0v) is 10.3. The minimum Gasteiger partial charge on any atom is -0.476 e. The smallest absolute Gasteiger partial charge is 0.358 e. The molecule has 0 aliphatic heterocycles. The largest absolute Gasteiger partial charge is 0.476 e. The van der Waals surface area contributed by atoms with Crippen LogP contribution in [0, 0.1) is 0 Å². The van der Waals surface area contributed by atoms with Gasteiger partial charge in [-0.3, -0.25) is 4.79 Å². The van der Waals surface area contributed by atoms with E-state index in [1.165, 1.54) is 11.8 Å². The van der Waals surface area contributed by atoms with E-state index in [0.717, 1.165) is 0 Å². The number of carbonyl (C=O) groups excluding carboxylic acids is 1. The molecular formula is C10H16N4O4. The van der Waals surface area contributed by atoms with Crippen molar-refractivity contribution in [1.29, 1.82) is 0 Å². The average Bonchev–Trinajstić information content (AvgIpc) is 2.70. The zero-order valence-electron chi connectivity index (χ0n) is 10.3. The predicted molar refractivity (Wildman–Crippen MR) is 61.1 cm³/mol. The molecule has 8 nitrogen and oxygen atoms in total. The number of hydrogen-bond donors (Lipinski definition) is 2. The highest BCUT2D eigenvalue weighted by Crippen LogP contribution is 2.16. The third-order valence-electron chi connectivity index (χ3n) is 2.55. The van der Waals surface area contributed by atoms with Crippen LogP contribution in [0.3, 0.4) is 0 Å². The summed E-state index contributed by atoms with van der Waals surface area (Å²) in [5.41, 5.74) is 5.42. The fraction of sp³-hybridized carbons (Fsp3) is 0.600. The molecule has 8 heteroatoms. The molecule has 0 aliphatic rings. The van der Waals surface area contributed by atoms with E-state index >= 15 is 0 Å². The molecule has 100 valence electrons. The van der Waals surface area contributed by atoms with E-state index in [1.54, 1.807) is 6.92 Å². The summed E-state index contributed by atoms with van der Waals surface area (Å²) in [6, 6.07) is -0.697. The van der Waals surface area contributed by atoms with Crippen LogP contribution in [0.15, 0.2) is 0 Å². The van der Waals surface area contributed by atoms with Crippen LogP contribution in [-0.4, -0.2) is 45.7 Å². The first-order chi connectivity index (χ1) is 8.52. The molecule has 1 aromatic rings. The summed E-state index contributed by atoms with van der Waals surface area (Å²) in [7, 11) is 1.50. The molecule has 18 heavy (non-hydrogen) atoms. The molecule has 1 rings (SSSR count). The lowest BCUT2D eigenvalue weighted by Gasteiger charge is -2.14. The number of carbonyl (C=O) groups is 2. The van der Waals surface area contributed by atoms with Crippen molar-refractivity contribution in [3.8, 4) is 0 Å². The van der Waals surface area contributed by atoms with Gasteiger partial charge in [-0.25, -0.2) is 9.48 Å². The molecule has 1 unspecified atom stereocenters. The number of aromatic nitrogens is 3. The summed E-state index contributed by atoms with van der Waals surface area (Å²) in [4.78, 5) is 22.3. The first-order valence-electron chi connectivity index (χ1n) is 5.48. The lowest BCUT2D eigenvalue weighted by atomic mass is 10.2. The Kier molecular flexibility index (Phi) is 4.78. The maximum atomic E-state index is 11.3. The number of nitrogens with two attached hydrogens (primary N) is 1. The van der Waals surface area contributed by atoms with Gasteiger partial charge in [-0.05, 0) is 6.42 Å². The molecule has 0 saturated carbocycles. The summed E-state index contributed by atoms with van der Waals surface area (Å²) in [6.45, 7) is 2.07. The Hall–Kier alpha value is -1.96. The Morgan fingerprint density at radius 3 is 2.67 bits per heavy atom. The van der Waals surface area contributed by atoms with Gasteiger partial charge in [0, 0.05) is 13.5 Å². The van der Waals surface area contributed by atoms with Gasteiger partial charge in [-0.2, -0.15) is 0 Å². The lowest BCUT2D eigenvalue weighted by Crippen LogP contribution is -2.28. The maximum absolute atomic E-state index is 11.3. The van der Waals surface area contributed by atoms with Crippen LogP contribution < -0.4 is 5.73 Å². The second kappa shape index (κ2) is 6.10. The van der Waals surface area contributed by atoms with Gasteiger partial charge >= 0.3 is 5.97 Å². The molecule has 0 fully saturated rings. The number of aromatic carboxylic acids is 1. The monoisotopic (exact) mass is 256 g/mol. The minimum atomic E-state index is -1.19. The molecule has 0 saturated heterocycles. The first kappa shape index (κ1) is 14.1. The summed E-state index contributed by atoms with van der Waals surface area (Å²) >= 11 is 0. The quantitative estimate of drug-likeness (QED) is 0.684. The third kappa shape index (κ3) is 2.83. The molecule has 1 atom stereocenters. The minimum absolute atomic E-state index is 0.174. The highest BCUT2D eigenvalue weighted by atomic mass is 16.5. The van der Waals surface area contributed by atoms with Crippen molar-refractivity contribution in [2.24, 2.45) is 5.73 Å². The van der Waals surface area contributed by atoms with Crippen LogP contribution >= 0.6 is 0 Å². The summed E-state index contributed by atoms with van der Waals surface area (Å²) in [6.07, 6.45) is 0.715. The van der Waals surface area contributed by atoms with Gasteiger partial charge in [0.25, 0.3) is 0 Å². The van der Waals surface area contributed by atoms with E-state index in [9.17, 15) is 9.59 Å². The van der Waals surface area contributed by atoms with Gasteiger partial charge in [0.05, 0.1) is 12.3 Å². The van der Waals surface area contributed by atoms with Crippen LogP contribution in [-0.2, 0) is 16.0 Å². The molecule has 0 spiro atoms. The number of carboxylic acids is 1. The normalized spacial score (nSPS) is 12.3. The van der Waals surface area contributed by atoms with E-state index in [4.69, 9.17) is 15.6 Å². The molecule has 0 radical (unpaired) electrons. The summed E-state index contributed by atoms with van der Waals surface area (Å²) in [5.74, 6) is -1.76. The summed E-state index contributed by atoms with van der Waals surface area (Å²) < 4.78 is 6.17. The van der Waals surface area contributed by atoms with Gasteiger partial charge in [-0.1, -0.05) is 12.1 Å². The number of primary amides is 1. The van der Waals surface area contributed by atoms with E-state index in [1.807, 2.05) is 0 Å². The molecule has 0 aliphatic carbocycles. The molecule has 1 aromatic heterocycles. The van der Waals surface area contributed by atoms with Gasteiger partial charge in [0.15, 0.2) is 5.69 Å². The number of amides is 1. The highest BCUT2D eigenvalue weighted by Gasteiger charge is 2.25. The Balaban J connectivity index is 3.17. The van der Waals surface area contributed by atoms with E-state index < -0.39 is 17.9 Å². The van der Waals surface area contributed by atoms with Crippen LogP contribution in [0.2, 0.25) is 0 Å². The number of nitrogens with zero attached hydrogens (tertiary/aromatic N) is 3. The summed E-state index contributed by atoms with van der Waals surface area (Å²) in [5, 5.41) is 16.3. The molecule has 1 amide bonds. The van der Waals surface area contributed by atoms with Gasteiger partial charge in [0.1, 0.15) is 6.04 Å². The number of methoxy groups -OCH3 is 1. The molecule has 0 bridgehead atoms. The van der Waals surface area contributed by atoms with Crippen LogP contribution in [0.4, 0.5) is 0 Å². The Labute approximate surface area is 104 Å². The molecule has 1 heterocycles. The number of hydrogen-bond acceptors (Lipinski definition) is 5. The zero-order chi connectivity index (χ0) is 13.7. The molecular weight excluding hydrogens is 240 g/mol. The van der Waals surface area contributed by atoms with Crippen molar-refractivity contribution in [1.82, 2.24) is 15.0 Å². The van der Waals surface area contributed by atoms with E-state index in [-0.39, 0.29) is 5.69 Å². The van der Waals surface area contributed by atoms with Gasteiger partial charge in [0.2, 0.25) is 5.91 Å². The lowest BCUT2D eigenvalue weighted by molar-refractivity contribution is -0.121. The van der Waals surface area contributed by atoms with Crippen LogP contribution in [0.1, 0.15) is 35.6 Å². The van der Waals surface area contributed by atoms with Crippen molar-refractivity contribution in [2.45, 2.75) is 25.8 Å². The standard InChI is InChI=1S/C10H16N4O4/c1-3-6(9(11)15)14-7(4-5-18-2)8(10(16)17)12-13-14/h6H,3-5H2,1-2H3,(H2,11,15)(H,16,17). The third-order valence-corrected chi connectivity index (χ3v) is 2.55. The maximum Gasteiger partial charge on any atom is 0.358 e. The fourth-order valence-electron chi connectivity index (χ4n) is 1.66. The van der Waals surface area contributed by atoms with E-state index in [0.29, 0.717) is 25.1 Å². The van der Waals surface area contributed by atoms with Crippen molar-refractivity contribution in [3.05, 3.63) is 11.4 Å². The first-order valence-corrected chi connectivity index (χ1v) is 5.48. The Bertz CT molecular complexity index is 443. The topological polar surface area (TPSA) is 120 Å². The molecule has 0 aromatic carbocycles. The van der Waals surface area contributed by atoms with Crippen molar-refractivity contribution >= 4 is 11.9 Å². The van der Waals surface area contributed by atoms with Crippen molar-refractivity contribution < 1.29 is 19.4 Å². The predicted octanol–water partition coefficient (Wildman–Crippen LogP) is -0.398. The Morgan fingerprint density at radius 1 is 1.56 bits per heavy atom. The second-order valence-electron chi connectivity index (χ2n) is 3.70. The van der Waals surface area contributed by atoms with Gasteiger partial charge < -0.3 is 15.6 Å². The number of carboxylic acid groups (broad SMARTS) is 1. The SMILES string of the molecule is CCC(C(N)=O)n1nnc(C(=O)O)c1CCOC. The number of ether oxygens (including phenoxy) is 1. The number of rotatable bonds is 7. The Morgan fingerprint density at radius 2 is 2.22 bits per heavy atom. The van der Waals surface area contributed by atoms with Gasteiger partial charge in [-0.15, -0.1) is 5.10 Å². The van der Waals surface area contributed by atoms with Crippen molar-refractivity contribution in [3.63, 3.8) is 0 Å². The highest BCUT2D eigenvalue weighted by molar-refractivity contribution is 5.86. The van der Waals surface area contributed by atoms with Crippen LogP contribution in [0.25, 0.3) is 0 Å².